The van der Waals surface area contributed by atoms with Crippen LogP contribution in [0.1, 0.15) is 17.3 Å². The Labute approximate surface area is 125 Å². The largest absolute Gasteiger partial charge is 0.480 e. The highest BCUT2D eigenvalue weighted by Gasteiger charge is 2.18. The predicted octanol–water partition coefficient (Wildman–Crippen LogP) is 1.68. The molecule has 1 atom stereocenters. The smallest absolute Gasteiger partial charge is 0.339 e. The third-order valence-corrected chi connectivity index (χ3v) is 2.94. The van der Waals surface area contributed by atoms with Crippen LogP contribution in [0.2, 0.25) is 0 Å². The first-order valence-corrected chi connectivity index (χ1v) is 6.71. The molecule has 0 saturated carbocycles. The number of amides is 1. The van der Waals surface area contributed by atoms with Gasteiger partial charge in [-0.25, -0.2) is 4.79 Å². The maximum Gasteiger partial charge on any atom is 0.339 e. The summed E-state index contributed by atoms with van der Waals surface area (Å²) < 4.78 is 10.8. The Morgan fingerprint density at radius 1 is 1.45 bits per heavy atom. The number of ether oxygens (including phenoxy) is 2. The van der Waals surface area contributed by atoms with Crippen LogP contribution in [0.5, 0.6) is 5.75 Å². The van der Waals surface area contributed by atoms with Gasteiger partial charge in [-0.05, 0) is 25.1 Å². The summed E-state index contributed by atoms with van der Waals surface area (Å²) in [6, 6.07) is 4.58. The zero-order chi connectivity index (χ0) is 15.1. The lowest BCUT2D eigenvalue weighted by molar-refractivity contribution is -0.127. The van der Waals surface area contributed by atoms with E-state index in [1.807, 2.05) is 0 Å². The van der Waals surface area contributed by atoms with Crippen molar-refractivity contribution in [1.82, 2.24) is 5.32 Å². The van der Waals surface area contributed by atoms with Gasteiger partial charge in [-0.1, -0.05) is 15.9 Å². The van der Waals surface area contributed by atoms with Gasteiger partial charge < -0.3 is 19.9 Å². The highest BCUT2D eigenvalue weighted by atomic mass is 79.9. The van der Waals surface area contributed by atoms with Crippen LogP contribution in [0, 0.1) is 0 Å². The third-order valence-electron chi connectivity index (χ3n) is 2.45. The van der Waals surface area contributed by atoms with Crippen LogP contribution in [-0.4, -0.2) is 43.3 Å². The minimum Gasteiger partial charge on any atom is -0.480 e. The van der Waals surface area contributed by atoms with Crippen molar-refractivity contribution < 1.29 is 24.2 Å². The molecular formula is C13H16BrNO5. The van der Waals surface area contributed by atoms with E-state index in [9.17, 15) is 9.59 Å². The molecule has 0 radical (unpaired) electrons. The minimum atomic E-state index is -1.12. The van der Waals surface area contributed by atoms with Gasteiger partial charge in [0, 0.05) is 18.1 Å². The summed E-state index contributed by atoms with van der Waals surface area (Å²) in [5, 5.41) is 11.7. The average molecular weight is 346 g/mol. The fourth-order valence-corrected chi connectivity index (χ4v) is 1.80. The van der Waals surface area contributed by atoms with Crippen molar-refractivity contribution in [3.05, 3.63) is 28.2 Å². The van der Waals surface area contributed by atoms with Crippen molar-refractivity contribution in [3.63, 3.8) is 0 Å². The number of benzene rings is 1. The quantitative estimate of drug-likeness (QED) is 0.734. The second kappa shape index (κ2) is 7.86. The molecule has 0 fully saturated rings. The summed E-state index contributed by atoms with van der Waals surface area (Å²) >= 11 is 3.19. The fraction of sp³-hybridized carbons (Fsp3) is 0.385. The van der Waals surface area contributed by atoms with Crippen LogP contribution in [-0.2, 0) is 9.53 Å². The average Bonchev–Trinajstić information content (AvgIpc) is 2.40. The van der Waals surface area contributed by atoms with Crippen LogP contribution in [0.3, 0.4) is 0 Å². The zero-order valence-electron chi connectivity index (χ0n) is 11.2. The summed E-state index contributed by atoms with van der Waals surface area (Å²) in [6.07, 6.45) is -0.800. The van der Waals surface area contributed by atoms with Crippen molar-refractivity contribution >= 4 is 27.8 Å². The van der Waals surface area contributed by atoms with Gasteiger partial charge in [0.25, 0.3) is 5.91 Å². The molecule has 20 heavy (non-hydrogen) atoms. The van der Waals surface area contributed by atoms with E-state index in [-0.39, 0.29) is 17.2 Å². The zero-order valence-corrected chi connectivity index (χ0v) is 12.8. The Morgan fingerprint density at radius 2 is 2.15 bits per heavy atom. The van der Waals surface area contributed by atoms with Gasteiger partial charge in [0.15, 0.2) is 6.10 Å². The summed E-state index contributed by atoms with van der Waals surface area (Å²) in [4.78, 5) is 22.8. The SMILES string of the molecule is COCCNC(=O)C(C)Oc1ccc(Br)cc1C(=O)O. The van der Waals surface area contributed by atoms with E-state index in [4.69, 9.17) is 14.6 Å². The number of carboxylic acids is 1. The van der Waals surface area contributed by atoms with E-state index in [1.165, 1.54) is 19.2 Å². The molecule has 1 amide bonds. The molecule has 6 nitrogen and oxygen atoms in total. The first-order chi connectivity index (χ1) is 9.45. The number of hydrogen-bond donors (Lipinski definition) is 2. The molecule has 0 aliphatic heterocycles. The van der Waals surface area contributed by atoms with Crippen molar-refractivity contribution in [2.45, 2.75) is 13.0 Å². The summed E-state index contributed by atoms with van der Waals surface area (Å²) in [5.41, 5.74) is -0.00378. The number of rotatable bonds is 7. The lowest BCUT2D eigenvalue weighted by Gasteiger charge is -2.16. The van der Waals surface area contributed by atoms with Crippen LogP contribution < -0.4 is 10.1 Å². The van der Waals surface area contributed by atoms with Gasteiger partial charge in [0.2, 0.25) is 0 Å². The van der Waals surface area contributed by atoms with Crippen LogP contribution in [0.25, 0.3) is 0 Å². The van der Waals surface area contributed by atoms with Gasteiger partial charge in [-0.3, -0.25) is 4.79 Å². The highest BCUT2D eigenvalue weighted by Crippen LogP contribution is 2.24. The molecule has 0 spiro atoms. The second-order valence-corrected chi connectivity index (χ2v) is 4.91. The predicted molar refractivity (Wildman–Crippen MR) is 76.1 cm³/mol. The van der Waals surface area contributed by atoms with E-state index in [1.54, 1.807) is 13.0 Å². The molecule has 0 aromatic heterocycles. The Hall–Kier alpha value is -1.60. The summed E-state index contributed by atoms with van der Waals surface area (Å²) in [6.45, 7) is 2.32. The lowest BCUT2D eigenvalue weighted by Crippen LogP contribution is -2.38. The number of aromatic carboxylic acids is 1. The number of methoxy groups -OCH3 is 1. The molecule has 110 valence electrons. The topological polar surface area (TPSA) is 84.9 Å². The Kier molecular flexibility index (Phi) is 6.47. The first kappa shape index (κ1) is 16.5. The van der Waals surface area contributed by atoms with E-state index >= 15 is 0 Å². The molecule has 1 aromatic rings. The molecule has 7 heteroatoms. The van der Waals surface area contributed by atoms with Crippen LogP contribution in [0.15, 0.2) is 22.7 Å². The third kappa shape index (κ3) is 4.82. The van der Waals surface area contributed by atoms with E-state index in [0.29, 0.717) is 17.6 Å². The Balaban J connectivity index is 2.72. The normalized spacial score (nSPS) is 11.8. The molecule has 1 unspecified atom stereocenters. The van der Waals surface area contributed by atoms with Crippen molar-refractivity contribution in [2.24, 2.45) is 0 Å². The maximum atomic E-state index is 11.7. The minimum absolute atomic E-state index is 0.00378. The molecule has 0 aliphatic carbocycles. The van der Waals surface area contributed by atoms with E-state index in [0.717, 1.165) is 0 Å². The first-order valence-electron chi connectivity index (χ1n) is 5.92. The number of carboxylic acid groups (broad SMARTS) is 1. The maximum absolute atomic E-state index is 11.7. The van der Waals surface area contributed by atoms with Crippen molar-refractivity contribution in [3.8, 4) is 5.75 Å². The lowest BCUT2D eigenvalue weighted by atomic mass is 10.2. The molecule has 0 saturated heterocycles. The van der Waals surface area contributed by atoms with Gasteiger partial charge in [0.05, 0.1) is 6.61 Å². The number of halogens is 1. The van der Waals surface area contributed by atoms with Crippen LogP contribution in [0.4, 0.5) is 0 Å². The fourth-order valence-electron chi connectivity index (χ4n) is 1.44. The molecule has 1 aromatic carbocycles. The molecule has 0 bridgehead atoms. The Morgan fingerprint density at radius 3 is 2.75 bits per heavy atom. The molecule has 0 aliphatic rings. The summed E-state index contributed by atoms with van der Waals surface area (Å²) in [7, 11) is 1.53. The molecule has 2 N–H and O–H groups in total. The van der Waals surface area contributed by atoms with Gasteiger partial charge >= 0.3 is 5.97 Å². The number of hydrogen-bond acceptors (Lipinski definition) is 4. The van der Waals surface area contributed by atoms with Gasteiger partial charge in [-0.2, -0.15) is 0 Å². The molecule has 1 rings (SSSR count). The van der Waals surface area contributed by atoms with E-state index < -0.39 is 12.1 Å². The summed E-state index contributed by atoms with van der Waals surface area (Å²) in [5.74, 6) is -1.30. The van der Waals surface area contributed by atoms with E-state index in [2.05, 4.69) is 21.2 Å². The van der Waals surface area contributed by atoms with Gasteiger partial charge in [-0.15, -0.1) is 0 Å². The Bertz CT molecular complexity index is 492. The number of nitrogens with one attached hydrogen (secondary N) is 1. The second-order valence-electron chi connectivity index (χ2n) is 3.99. The van der Waals surface area contributed by atoms with Crippen molar-refractivity contribution in [1.29, 1.82) is 0 Å². The van der Waals surface area contributed by atoms with Crippen LogP contribution >= 0.6 is 15.9 Å². The highest BCUT2D eigenvalue weighted by molar-refractivity contribution is 9.10. The number of carbonyl (C=O) groups excluding carboxylic acids is 1. The number of carbonyl (C=O) groups is 2. The van der Waals surface area contributed by atoms with Gasteiger partial charge in [0.1, 0.15) is 11.3 Å². The molecular weight excluding hydrogens is 330 g/mol. The standard InChI is InChI=1S/C13H16BrNO5/c1-8(12(16)15-5-6-19-2)20-11-4-3-9(14)7-10(11)13(17)18/h3-4,7-8H,5-6H2,1-2H3,(H,15,16)(H,17,18). The van der Waals surface area contributed by atoms with Crippen molar-refractivity contribution in [2.75, 3.05) is 20.3 Å². The monoisotopic (exact) mass is 345 g/mol. The molecule has 0 heterocycles.